The van der Waals surface area contributed by atoms with Crippen LogP contribution in [0.15, 0.2) is 0 Å². The summed E-state index contributed by atoms with van der Waals surface area (Å²) in [5, 5.41) is 11.9. The van der Waals surface area contributed by atoms with Crippen molar-refractivity contribution in [3.05, 3.63) is 0 Å². The summed E-state index contributed by atoms with van der Waals surface area (Å²) in [6, 6.07) is 0. The second-order valence-corrected chi connectivity index (χ2v) is 7.00. The number of carboxylic acid groups (broad SMARTS) is 1. The van der Waals surface area contributed by atoms with Crippen LogP contribution in [-0.4, -0.2) is 40.8 Å². The first-order valence-corrected chi connectivity index (χ1v) is 7.62. The zero-order chi connectivity index (χ0) is 15.9. The van der Waals surface area contributed by atoms with E-state index < -0.39 is 22.5 Å². The van der Waals surface area contributed by atoms with E-state index in [1.807, 2.05) is 20.8 Å². The van der Waals surface area contributed by atoms with E-state index >= 15 is 0 Å². The van der Waals surface area contributed by atoms with Crippen molar-refractivity contribution < 1.29 is 19.4 Å². The van der Waals surface area contributed by atoms with Gasteiger partial charge in [-0.05, 0) is 26.2 Å². The number of rotatable bonds is 6. The van der Waals surface area contributed by atoms with Crippen molar-refractivity contribution in [2.45, 2.75) is 70.1 Å². The Morgan fingerprint density at radius 2 is 2.00 bits per heavy atom. The molecule has 0 aromatic rings. The van der Waals surface area contributed by atoms with Crippen LogP contribution in [0.2, 0.25) is 0 Å². The molecule has 0 saturated heterocycles. The lowest BCUT2D eigenvalue weighted by atomic mass is 9.54. The lowest BCUT2D eigenvalue weighted by Crippen LogP contribution is -2.77. The number of carbonyl (C=O) groups is 2. The molecule has 0 aromatic carbocycles. The molecule has 2 rings (SSSR count). The third-order valence-corrected chi connectivity index (χ3v) is 5.41. The Bertz CT molecular complexity index is 445. The molecule has 1 amide bonds. The number of carbonyl (C=O) groups excluding carboxylic acids is 1. The van der Waals surface area contributed by atoms with Gasteiger partial charge in [0.1, 0.15) is 5.54 Å². The normalized spacial score (nSPS) is 32.7. The van der Waals surface area contributed by atoms with Gasteiger partial charge in [0.05, 0.1) is 18.1 Å². The third kappa shape index (κ3) is 2.55. The largest absolute Gasteiger partial charge is 0.481 e. The molecule has 0 radical (unpaired) electrons. The second kappa shape index (κ2) is 5.25. The maximum Gasteiger partial charge on any atom is 0.305 e. The van der Waals surface area contributed by atoms with Gasteiger partial charge in [0, 0.05) is 18.4 Å². The van der Waals surface area contributed by atoms with Gasteiger partial charge in [0.15, 0.2) is 0 Å². The van der Waals surface area contributed by atoms with Gasteiger partial charge >= 0.3 is 5.97 Å². The van der Waals surface area contributed by atoms with E-state index in [1.165, 1.54) is 0 Å². The minimum absolute atomic E-state index is 0.0323. The topological polar surface area (TPSA) is 102 Å². The number of nitrogens with two attached hydrogens (primary N) is 1. The van der Waals surface area contributed by atoms with Gasteiger partial charge in [0.2, 0.25) is 5.91 Å². The van der Waals surface area contributed by atoms with E-state index in [0.29, 0.717) is 25.9 Å². The Hall–Kier alpha value is -1.14. The van der Waals surface area contributed by atoms with Crippen molar-refractivity contribution in [2.75, 3.05) is 6.61 Å². The smallest absolute Gasteiger partial charge is 0.305 e. The molecule has 6 heteroatoms. The SMILES string of the molecule is CCOC1CC(N)(C(=O)NC2(CC(=O)O)CCC2)C1(C)C. The quantitative estimate of drug-likeness (QED) is 0.680. The fraction of sp³-hybridized carbons (Fsp3) is 0.867. The summed E-state index contributed by atoms with van der Waals surface area (Å²) in [6.45, 7) is 6.37. The first kappa shape index (κ1) is 16.2. The van der Waals surface area contributed by atoms with Crippen LogP contribution in [-0.2, 0) is 14.3 Å². The van der Waals surface area contributed by atoms with Crippen LogP contribution in [0.3, 0.4) is 0 Å². The molecular formula is C15H26N2O4. The average Bonchev–Trinajstić information content (AvgIpc) is 2.34. The van der Waals surface area contributed by atoms with E-state index in [9.17, 15) is 9.59 Å². The van der Waals surface area contributed by atoms with Gasteiger partial charge in [-0.2, -0.15) is 0 Å². The van der Waals surface area contributed by atoms with Crippen LogP contribution < -0.4 is 11.1 Å². The highest BCUT2D eigenvalue weighted by atomic mass is 16.5. The first-order valence-electron chi connectivity index (χ1n) is 7.62. The molecule has 4 N–H and O–H groups in total. The zero-order valence-corrected chi connectivity index (χ0v) is 13.1. The number of hydrogen-bond donors (Lipinski definition) is 3. The monoisotopic (exact) mass is 298 g/mol. The van der Waals surface area contributed by atoms with Crippen molar-refractivity contribution in [1.82, 2.24) is 5.32 Å². The highest BCUT2D eigenvalue weighted by Gasteiger charge is 2.63. The van der Waals surface area contributed by atoms with E-state index in [2.05, 4.69) is 5.32 Å². The predicted molar refractivity (Wildman–Crippen MR) is 77.7 cm³/mol. The van der Waals surface area contributed by atoms with Crippen molar-refractivity contribution in [2.24, 2.45) is 11.1 Å². The van der Waals surface area contributed by atoms with Crippen molar-refractivity contribution in [3.8, 4) is 0 Å². The molecule has 2 atom stereocenters. The molecule has 0 aromatic heterocycles. The molecule has 6 nitrogen and oxygen atoms in total. The van der Waals surface area contributed by atoms with Gasteiger partial charge in [-0.3, -0.25) is 9.59 Å². The summed E-state index contributed by atoms with van der Waals surface area (Å²) in [6.07, 6.45) is 2.76. The summed E-state index contributed by atoms with van der Waals surface area (Å²) in [5.41, 5.74) is 4.26. The zero-order valence-electron chi connectivity index (χ0n) is 13.1. The minimum atomic E-state index is -0.992. The Morgan fingerprint density at radius 1 is 1.38 bits per heavy atom. The molecule has 0 aliphatic heterocycles. The van der Waals surface area contributed by atoms with Gasteiger partial charge in [-0.25, -0.2) is 0 Å². The summed E-state index contributed by atoms with van der Waals surface area (Å²) in [7, 11) is 0. The molecule has 0 bridgehead atoms. The molecule has 2 saturated carbocycles. The van der Waals surface area contributed by atoms with Crippen LogP contribution in [0.5, 0.6) is 0 Å². The van der Waals surface area contributed by atoms with Gasteiger partial charge in [-0.15, -0.1) is 0 Å². The Kier molecular flexibility index (Phi) is 4.06. The number of aliphatic carboxylic acids is 1. The fourth-order valence-corrected chi connectivity index (χ4v) is 3.41. The van der Waals surface area contributed by atoms with E-state index in [0.717, 1.165) is 6.42 Å². The minimum Gasteiger partial charge on any atom is -0.481 e. The molecule has 2 aliphatic rings. The Labute approximate surface area is 125 Å². The molecule has 2 fully saturated rings. The highest BCUT2D eigenvalue weighted by molar-refractivity contribution is 5.90. The summed E-state index contributed by atoms with van der Waals surface area (Å²) >= 11 is 0. The molecule has 2 aliphatic carbocycles. The average molecular weight is 298 g/mol. The van der Waals surface area contributed by atoms with Crippen LogP contribution in [0.1, 0.15) is 52.9 Å². The predicted octanol–water partition coefficient (Wildman–Crippen LogP) is 1.03. The van der Waals surface area contributed by atoms with Crippen molar-refractivity contribution in [3.63, 3.8) is 0 Å². The number of carboxylic acids is 1. The Balaban J connectivity index is 2.05. The number of amides is 1. The number of nitrogens with one attached hydrogen (secondary N) is 1. The summed E-state index contributed by atoms with van der Waals surface area (Å²) < 4.78 is 5.62. The van der Waals surface area contributed by atoms with Gasteiger partial charge in [0.25, 0.3) is 0 Å². The first-order chi connectivity index (χ1) is 9.67. The van der Waals surface area contributed by atoms with Crippen LogP contribution >= 0.6 is 0 Å². The Morgan fingerprint density at radius 3 is 2.38 bits per heavy atom. The molecular weight excluding hydrogens is 272 g/mol. The number of hydrogen-bond acceptors (Lipinski definition) is 4. The maximum atomic E-state index is 12.6. The standard InChI is InChI=1S/C15H26N2O4/c1-4-21-10-8-15(16,13(10,2)3)12(20)17-14(6-5-7-14)9-11(18)19/h10H,4-9,16H2,1-3H3,(H,17,20)(H,18,19). The summed E-state index contributed by atoms with van der Waals surface area (Å²) in [4.78, 5) is 23.6. The van der Waals surface area contributed by atoms with E-state index in [1.54, 1.807) is 0 Å². The maximum absolute atomic E-state index is 12.6. The van der Waals surface area contributed by atoms with E-state index in [-0.39, 0.29) is 18.4 Å². The highest BCUT2D eigenvalue weighted by Crippen LogP contribution is 2.50. The van der Waals surface area contributed by atoms with E-state index in [4.69, 9.17) is 15.6 Å². The fourth-order valence-electron chi connectivity index (χ4n) is 3.41. The van der Waals surface area contributed by atoms with Crippen LogP contribution in [0.25, 0.3) is 0 Å². The molecule has 0 spiro atoms. The van der Waals surface area contributed by atoms with Crippen molar-refractivity contribution in [1.29, 1.82) is 0 Å². The molecule has 120 valence electrons. The van der Waals surface area contributed by atoms with Crippen molar-refractivity contribution >= 4 is 11.9 Å². The lowest BCUT2D eigenvalue weighted by molar-refractivity contribution is -0.173. The number of ether oxygens (including phenoxy) is 1. The van der Waals surface area contributed by atoms with Crippen LogP contribution in [0, 0.1) is 5.41 Å². The molecule has 0 heterocycles. The molecule has 21 heavy (non-hydrogen) atoms. The summed E-state index contributed by atoms with van der Waals surface area (Å²) in [5.74, 6) is -1.13. The van der Waals surface area contributed by atoms with Crippen LogP contribution in [0.4, 0.5) is 0 Å². The van der Waals surface area contributed by atoms with Gasteiger partial charge in [-0.1, -0.05) is 13.8 Å². The lowest BCUT2D eigenvalue weighted by Gasteiger charge is -2.58. The molecule has 2 unspecified atom stereocenters. The third-order valence-electron chi connectivity index (χ3n) is 5.41. The second-order valence-electron chi connectivity index (χ2n) is 7.00. The van der Waals surface area contributed by atoms with Gasteiger partial charge < -0.3 is 20.9 Å².